The van der Waals surface area contributed by atoms with Gasteiger partial charge in [0.05, 0.1) is 5.75 Å². The fraction of sp³-hybridized carbons (Fsp3) is 0.917. The van der Waals surface area contributed by atoms with E-state index in [9.17, 15) is 13.2 Å². The van der Waals surface area contributed by atoms with Crippen LogP contribution in [0.4, 0.5) is 0 Å². The first-order valence-corrected chi connectivity index (χ1v) is 9.10. The summed E-state index contributed by atoms with van der Waals surface area (Å²) >= 11 is 3.20. The Bertz CT molecular complexity index is 327. The molecule has 6 heteroatoms. The SMILES string of the molecule is CCCCCCS(=O)(=O)C(Br)CCCCC(=O)O. The molecule has 0 aliphatic heterocycles. The van der Waals surface area contributed by atoms with Crippen molar-refractivity contribution in [1.82, 2.24) is 0 Å². The summed E-state index contributed by atoms with van der Waals surface area (Å²) in [5, 5.41) is 8.48. The fourth-order valence-corrected chi connectivity index (χ4v) is 3.89. The molecule has 0 aromatic rings. The average molecular weight is 343 g/mol. The van der Waals surface area contributed by atoms with Crippen molar-refractivity contribution in [2.75, 3.05) is 5.75 Å². The van der Waals surface area contributed by atoms with Gasteiger partial charge in [-0.3, -0.25) is 4.79 Å². The summed E-state index contributed by atoms with van der Waals surface area (Å²) in [7, 11) is -3.07. The lowest BCUT2D eigenvalue weighted by Gasteiger charge is -2.10. The van der Waals surface area contributed by atoms with Gasteiger partial charge in [0.15, 0.2) is 9.84 Å². The monoisotopic (exact) mass is 342 g/mol. The van der Waals surface area contributed by atoms with Crippen LogP contribution in [0.15, 0.2) is 0 Å². The second kappa shape index (κ2) is 9.78. The maximum Gasteiger partial charge on any atom is 0.303 e. The predicted molar refractivity (Wildman–Crippen MR) is 76.7 cm³/mol. The molecule has 0 heterocycles. The van der Waals surface area contributed by atoms with Crippen molar-refractivity contribution in [3.05, 3.63) is 0 Å². The van der Waals surface area contributed by atoms with Gasteiger partial charge >= 0.3 is 5.97 Å². The number of unbranched alkanes of at least 4 members (excludes halogenated alkanes) is 4. The second-order valence-electron chi connectivity index (χ2n) is 4.48. The number of halogens is 1. The average Bonchev–Trinajstić information content (AvgIpc) is 2.29. The quantitative estimate of drug-likeness (QED) is 0.461. The molecule has 0 amide bonds. The van der Waals surface area contributed by atoms with Gasteiger partial charge in [0.2, 0.25) is 0 Å². The molecule has 1 atom stereocenters. The van der Waals surface area contributed by atoms with E-state index in [2.05, 4.69) is 22.9 Å². The van der Waals surface area contributed by atoms with Crippen molar-refractivity contribution in [1.29, 1.82) is 0 Å². The highest BCUT2D eigenvalue weighted by Gasteiger charge is 2.21. The first-order valence-electron chi connectivity index (χ1n) is 6.47. The summed E-state index contributed by atoms with van der Waals surface area (Å²) in [5.41, 5.74) is 0. The third-order valence-corrected chi connectivity index (χ3v) is 6.78. The summed E-state index contributed by atoms with van der Waals surface area (Å²) in [6.45, 7) is 2.09. The van der Waals surface area contributed by atoms with Gasteiger partial charge in [-0.05, 0) is 19.3 Å². The lowest BCUT2D eigenvalue weighted by atomic mass is 10.2. The zero-order chi connectivity index (χ0) is 14.0. The summed E-state index contributed by atoms with van der Waals surface area (Å²) in [6.07, 6.45) is 5.58. The highest BCUT2D eigenvalue weighted by molar-refractivity contribution is 9.11. The molecular weight excluding hydrogens is 320 g/mol. The van der Waals surface area contributed by atoms with Crippen molar-refractivity contribution < 1.29 is 18.3 Å². The lowest BCUT2D eigenvalue weighted by molar-refractivity contribution is -0.137. The number of sulfone groups is 1. The van der Waals surface area contributed by atoms with Crippen LogP contribution in [0.3, 0.4) is 0 Å². The van der Waals surface area contributed by atoms with E-state index in [0.29, 0.717) is 25.7 Å². The number of rotatable bonds is 11. The van der Waals surface area contributed by atoms with E-state index in [0.717, 1.165) is 19.3 Å². The predicted octanol–water partition coefficient (Wildman–Crippen LogP) is 3.35. The van der Waals surface area contributed by atoms with Crippen molar-refractivity contribution in [2.24, 2.45) is 0 Å². The Morgan fingerprint density at radius 3 is 2.39 bits per heavy atom. The van der Waals surface area contributed by atoms with E-state index in [1.165, 1.54) is 0 Å². The smallest absolute Gasteiger partial charge is 0.303 e. The van der Waals surface area contributed by atoms with E-state index in [1.807, 2.05) is 0 Å². The molecule has 108 valence electrons. The number of hydrogen-bond acceptors (Lipinski definition) is 3. The van der Waals surface area contributed by atoms with Gasteiger partial charge in [-0.25, -0.2) is 8.42 Å². The van der Waals surface area contributed by atoms with E-state index in [4.69, 9.17) is 5.11 Å². The van der Waals surface area contributed by atoms with Gasteiger partial charge in [0, 0.05) is 6.42 Å². The molecule has 0 rings (SSSR count). The molecule has 4 nitrogen and oxygen atoms in total. The van der Waals surface area contributed by atoms with Gasteiger partial charge in [-0.2, -0.15) is 0 Å². The third kappa shape index (κ3) is 8.91. The molecule has 0 saturated heterocycles. The molecule has 1 unspecified atom stereocenters. The van der Waals surface area contributed by atoms with Gasteiger partial charge in [-0.15, -0.1) is 0 Å². The molecule has 0 aromatic carbocycles. The number of alkyl halides is 1. The molecule has 0 bridgehead atoms. The second-order valence-corrected chi connectivity index (χ2v) is 8.49. The topological polar surface area (TPSA) is 71.4 Å². The summed E-state index contributed by atoms with van der Waals surface area (Å²) in [6, 6.07) is 0. The van der Waals surface area contributed by atoms with Crippen LogP contribution < -0.4 is 0 Å². The fourth-order valence-electron chi connectivity index (χ4n) is 1.62. The van der Waals surface area contributed by atoms with Gasteiger partial charge in [-0.1, -0.05) is 48.5 Å². The van der Waals surface area contributed by atoms with Crippen LogP contribution in [0.5, 0.6) is 0 Å². The van der Waals surface area contributed by atoms with Crippen molar-refractivity contribution in [3.63, 3.8) is 0 Å². The Labute approximate surface area is 118 Å². The summed E-state index contributed by atoms with van der Waals surface area (Å²) < 4.78 is 23.2. The first kappa shape index (κ1) is 17.9. The van der Waals surface area contributed by atoms with Crippen LogP contribution in [0.1, 0.15) is 58.3 Å². The summed E-state index contributed by atoms with van der Waals surface area (Å²) in [4.78, 5) is 10.3. The first-order chi connectivity index (χ1) is 8.40. The van der Waals surface area contributed by atoms with Crippen LogP contribution in [0.25, 0.3) is 0 Å². The standard InChI is InChI=1S/C12H23BrO4S/c1-2-3-4-7-10-18(16,17)11(13)8-5-6-9-12(14)15/h11H,2-10H2,1H3,(H,14,15). The number of carboxylic acids is 1. The maximum absolute atomic E-state index is 11.9. The Morgan fingerprint density at radius 2 is 1.83 bits per heavy atom. The molecule has 0 aromatic heterocycles. The zero-order valence-electron chi connectivity index (χ0n) is 10.9. The lowest BCUT2D eigenvalue weighted by Crippen LogP contribution is -2.18. The molecule has 0 saturated carbocycles. The molecular formula is C12H23BrO4S. The van der Waals surface area contributed by atoms with Crippen LogP contribution in [0, 0.1) is 0 Å². The molecule has 1 N–H and O–H groups in total. The van der Waals surface area contributed by atoms with E-state index in [-0.39, 0.29) is 12.2 Å². The Hall–Kier alpha value is -0.100. The highest BCUT2D eigenvalue weighted by atomic mass is 79.9. The van der Waals surface area contributed by atoms with E-state index in [1.54, 1.807) is 0 Å². The number of aliphatic carboxylic acids is 1. The van der Waals surface area contributed by atoms with Gasteiger partial charge < -0.3 is 5.11 Å². The zero-order valence-corrected chi connectivity index (χ0v) is 13.3. The van der Waals surface area contributed by atoms with Crippen molar-refractivity contribution in [3.8, 4) is 0 Å². The van der Waals surface area contributed by atoms with Gasteiger partial charge in [0.25, 0.3) is 0 Å². The normalized spacial score (nSPS) is 13.4. The maximum atomic E-state index is 11.9. The molecule has 0 aliphatic rings. The number of hydrogen-bond donors (Lipinski definition) is 1. The molecule has 0 fully saturated rings. The third-order valence-electron chi connectivity index (χ3n) is 2.74. The van der Waals surface area contributed by atoms with Gasteiger partial charge in [0.1, 0.15) is 4.16 Å². The van der Waals surface area contributed by atoms with Crippen LogP contribution >= 0.6 is 15.9 Å². The van der Waals surface area contributed by atoms with E-state index >= 15 is 0 Å². The van der Waals surface area contributed by atoms with E-state index < -0.39 is 20.0 Å². The Morgan fingerprint density at radius 1 is 1.17 bits per heavy atom. The minimum absolute atomic E-state index is 0.107. The van der Waals surface area contributed by atoms with Crippen LogP contribution in [0.2, 0.25) is 0 Å². The highest BCUT2D eigenvalue weighted by Crippen LogP contribution is 2.19. The summed E-state index contributed by atoms with van der Waals surface area (Å²) in [5.74, 6) is -0.606. The number of carbonyl (C=O) groups is 1. The van der Waals surface area contributed by atoms with Crippen molar-refractivity contribution in [2.45, 2.75) is 62.4 Å². The Kier molecular flexibility index (Phi) is 9.73. The van der Waals surface area contributed by atoms with Crippen molar-refractivity contribution >= 4 is 31.7 Å². The molecule has 0 aliphatic carbocycles. The largest absolute Gasteiger partial charge is 0.481 e. The minimum Gasteiger partial charge on any atom is -0.481 e. The molecule has 18 heavy (non-hydrogen) atoms. The molecule has 0 spiro atoms. The van der Waals surface area contributed by atoms with Crippen LogP contribution in [-0.4, -0.2) is 29.4 Å². The number of carboxylic acid groups (broad SMARTS) is 1. The molecule has 0 radical (unpaired) electrons. The minimum atomic E-state index is -3.07. The Balaban J connectivity index is 3.84. The van der Waals surface area contributed by atoms with Crippen LogP contribution in [-0.2, 0) is 14.6 Å².